The number of hydrogen-bond acceptors (Lipinski definition) is 10. The molecule has 302 valence electrons. The van der Waals surface area contributed by atoms with Crippen LogP contribution in [0.3, 0.4) is 0 Å². The Morgan fingerprint density at radius 2 is 0.881 bits per heavy atom. The topological polar surface area (TPSA) is 184 Å². The van der Waals surface area contributed by atoms with E-state index in [2.05, 4.69) is 72.4 Å². The van der Waals surface area contributed by atoms with Crippen LogP contribution in [0.5, 0.6) is 0 Å². The van der Waals surface area contributed by atoms with Crippen molar-refractivity contribution in [2.45, 2.75) is 67.2 Å². The summed E-state index contributed by atoms with van der Waals surface area (Å²) >= 11 is 0. The molecule has 4 bridgehead atoms. The Morgan fingerprint density at radius 3 is 1.17 bits per heavy atom. The Bertz CT molecular complexity index is 2360. The van der Waals surface area contributed by atoms with E-state index in [1.54, 1.807) is 24.3 Å². The minimum atomic E-state index is -1.54. The van der Waals surface area contributed by atoms with Crippen LogP contribution in [0.25, 0.3) is 18.2 Å². The number of allylic oxidation sites excluding steroid dienone is 2. The minimum absolute atomic E-state index is 0.0673. The molecule has 1 heterocycles. The lowest BCUT2D eigenvalue weighted by Crippen LogP contribution is -2.32. The summed E-state index contributed by atoms with van der Waals surface area (Å²) in [6.07, 6.45) is 9.03. The van der Waals surface area contributed by atoms with E-state index in [4.69, 9.17) is 0 Å². The predicted molar refractivity (Wildman–Crippen MR) is 227 cm³/mol. The number of nitrogens with one attached hydrogen (secondary N) is 3. The second kappa shape index (κ2) is 14.1. The molecule has 0 amide bonds. The molecule has 4 saturated carbocycles. The molecule has 0 spiro atoms. The standard InChI is InChI=1S/C47H48N6O6/c1-44(2)35-19-21-46(44,5)37(54)32(35)23-26-7-13-29(14-8-26)48-41-51-42(53-43(52-41)50-31-17-11-28(12-18-31)25-34(39(56)57)40(58)59)49-30-15-9-27(10-16-30)24-33-36-20-22-47(6,38(33)55)45(36,3)4/h7-18,23-25,35-36H,19-22H2,1-6H3,(H,56,57)(H,58,59)(H3,48,49,50,51,52,53)/b32-23+,33-24+. The molecule has 3 aromatic carbocycles. The van der Waals surface area contributed by atoms with Gasteiger partial charge in [-0.25, -0.2) is 9.59 Å². The Morgan fingerprint density at radius 1 is 0.559 bits per heavy atom. The highest BCUT2D eigenvalue weighted by atomic mass is 16.4. The van der Waals surface area contributed by atoms with Gasteiger partial charge < -0.3 is 26.2 Å². The van der Waals surface area contributed by atoms with E-state index in [0.717, 1.165) is 65.4 Å². The average Bonchev–Trinajstić information content (AvgIpc) is 3.67. The number of benzene rings is 3. The van der Waals surface area contributed by atoms with E-state index < -0.39 is 17.5 Å². The van der Waals surface area contributed by atoms with E-state index in [-0.39, 0.29) is 62.9 Å². The first-order valence-corrected chi connectivity index (χ1v) is 20.0. The van der Waals surface area contributed by atoms with Crippen LogP contribution in [0.1, 0.15) is 83.9 Å². The fraction of sp³-hybridized carbons (Fsp3) is 0.340. The molecule has 59 heavy (non-hydrogen) atoms. The summed E-state index contributed by atoms with van der Waals surface area (Å²) in [5.74, 6) is -1.39. The van der Waals surface area contributed by atoms with Crippen LogP contribution in [-0.4, -0.2) is 48.7 Å². The number of carboxylic acids is 2. The molecule has 1 aromatic heterocycles. The lowest BCUT2D eigenvalue weighted by Gasteiger charge is -2.31. The van der Waals surface area contributed by atoms with Gasteiger partial charge in [-0.15, -0.1) is 0 Å². The second-order valence-corrected chi connectivity index (χ2v) is 17.9. The van der Waals surface area contributed by atoms with Crippen LogP contribution in [0, 0.1) is 33.5 Å². The predicted octanol–water partition coefficient (Wildman–Crippen LogP) is 9.47. The van der Waals surface area contributed by atoms with Crippen LogP contribution in [0.2, 0.25) is 0 Å². The number of Topliss-reactive ketones (excluding diaryl/α,β-unsaturated/α-hetero) is 2. The third-order valence-corrected chi connectivity index (χ3v) is 14.3. The number of carbonyl (C=O) groups is 4. The molecule has 4 aromatic rings. The molecule has 5 N–H and O–H groups in total. The summed E-state index contributed by atoms with van der Waals surface area (Å²) in [5, 5.41) is 28.2. The lowest BCUT2D eigenvalue weighted by atomic mass is 9.70. The Hall–Kier alpha value is -6.43. The Kier molecular flexibility index (Phi) is 9.44. The molecule has 0 aliphatic heterocycles. The first kappa shape index (κ1) is 39.4. The van der Waals surface area contributed by atoms with E-state index >= 15 is 0 Å². The highest BCUT2D eigenvalue weighted by Gasteiger charge is 2.64. The maximum absolute atomic E-state index is 13.4. The van der Waals surface area contributed by atoms with Crippen LogP contribution >= 0.6 is 0 Å². The highest BCUT2D eigenvalue weighted by molar-refractivity contribution is 6.16. The molecule has 4 unspecified atom stereocenters. The van der Waals surface area contributed by atoms with Gasteiger partial charge in [-0.3, -0.25) is 9.59 Å². The van der Waals surface area contributed by atoms with E-state index in [9.17, 15) is 29.4 Å². The summed E-state index contributed by atoms with van der Waals surface area (Å²) in [5.41, 5.74) is 4.54. The van der Waals surface area contributed by atoms with Gasteiger partial charge in [0.1, 0.15) is 5.57 Å². The normalized spacial score (nSPS) is 26.0. The number of fused-ring (bicyclic) bond motifs is 4. The molecule has 12 nitrogen and oxygen atoms in total. The van der Waals surface area contributed by atoms with Crippen LogP contribution in [0.4, 0.5) is 34.9 Å². The van der Waals surface area contributed by atoms with Gasteiger partial charge >= 0.3 is 11.9 Å². The van der Waals surface area contributed by atoms with Crippen molar-refractivity contribution in [2.24, 2.45) is 33.5 Å². The van der Waals surface area contributed by atoms with Crippen molar-refractivity contribution in [1.29, 1.82) is 0 Å². The molecular formula is C47H48N6O6. The van der Waals surface area contributed by atoms with Crippen molar-refractivity contribution < 1.29 is 29.4 Å². The van der Waals surface area contributed by atoms with Gasteiger partial charge in [0.15, 0.2) is 11.6 Å². The lowest BCUT2D eigenvalue weighted by molar-refractivity contribution is -0.140. The number of nitrogens with zero attached hydrogens (tertiary/aromatic N) is 3. The smallest absolute Gasteiger partial charge is 0.343 e. The summed E-state index contributed by atoms with van der Waals surface area (Å²) in [6, 6.07) is 21.9. The zero-order valence-electron chi connectivity index (χ0n) is 34.0. The number of hydrogen-bond donors (Lipinski definition) is 5. The van der Waals surface area contributed by atoms with Crippen LogP contribution < -0.4 is 16.0 Å². The number of aliphatic carboxylic acids is 2. The number of ketones is 2. The minimum Gasteiger partial charge on any atom is -0.477 e. The fourth-order valence-electron chi connectivity index (χ4n) is 9.85. The third-order valence-electron chi connectivity index (χ3n) is 14.3. The number of anilines is 6. The maximum Gasteiger partial charge on any atom is 0.343 e. The fourth-order valence-corrected chi connectivity index (χ4v) is 9.85. The van der Waals surface area contributed by atoms with Crippen molar-refractivity contribution >= 4 is 76.6 Å². The van der Waals surface area contributed by atoms with E-state index in [0.29, 0.717) is 11.3 Å². The summed E-state index contributed by atoms with van der Waals surface area (Å²) in [7, 11) is 0. The van der Waals surface area contributed by atoms with Crippen molar-refractivity contribution in [3.63, 3.8) is 0 Å². The zero-order valence-corrected chi connectivity index (χ0v) is 34.0. The Balaban J connectivity index is 1.04. The summed E-state index contributed by atoms with van der Waals surface area (Å²) in [6.45, 7) is 13.0. The van der Waals surface area contributed by atoms with Crippen molar-refractivity contribution in [1.82, 2.24) is 15.0 Å². The average molecular weight is 793 g/mol. The first-order chi connectivity index (χ1) is 27.9. The zero-order chi connectivity index (χ0) is 42.1. The second-order valence-electron chi connectivity index (χ2n) is 17.9. The first-order valence-electron chi connectivity index (χ1n) is 20.0. The van der Waals surface area contributed by atoms with Gasteiger partial charge in [0.2, 0.25) is 17.8 Å². The highest BCUT2D eigenvalue weighted by Crippen LogP contribution is 2.66. The molecule has 0 saturated heterocycles. The molecular weight excluding hydrogens is 745 g/mol. The van der Waals surface area contributed by atoms with Crippen molar-refractivity contribution in [3.8, 4) is 0 Å². The maximum atomic E-state index is 13.4. The largest absolute Gasteiger partial charge is 0.477 e. The molecule has 4 atom stereocenters. The van der Waals surface area contributed by atoms with Crippen molar-refractivity contribution in [3.05, 3.63) is 106 Å². The molecule has 4 aliphatic carbocycles. The molecule has 12 heteroatoms. The number of carboxylic acid groups (broad SMARTS) is 2. The van der Waals surface area contributed by atoms with Gasteiger partial charge in [-0.2, -0.15) is 15.0 Å². The van der Waals surface area contributed by atoms with E-state index in [1.165, 1.54) is 0 Å². The summed E-state index contributed by atoms with van der Waals surface area (Å²) in [4.78, 5) is 63.5. The van der Waals surface area contributed by atoms with Gasteiger partial charge in [-0.05, 0) is 131 Å². The van der Waals surface area contributed by atoms with Gasteiger partial charge in [-0.1, -0.05) is 77.9 Å². The number of rotatable bonds is 11. The van der Waals surface area contributed by atoms with Crippen molar-refractivity contribution in [2.75, 3.05) is 16.0 Å². The number of carbonyl (C=O) groups excluding carboxylic acids is 2. The molecule has 4 aliphatic rings. The molecule has 8 rings (SSSR count). The van der Waals surface area contributed by atoms with Gasteiger partial charge in [0, 0.05) is 27.9 Å². The molecule has 4 fully saturated rings. The number of aromatic nitrogens is 3. The van der Waals surface area contributed by atoms with Gasteiger partial charge in [0.25, 0.3) is 0 Å². The van der Waals surface area contributed by atoms with E-state index in [1.807, 2.05) is 60.7 Å². The molecule has 0 radical (unpaired) electrons. The SMILES string of the molecule is CC12CCC(/C(=C\c3ccc(Nc4nc(Nc5ccc(C=C(C(=O)O)C(=O)O)cc5)nc(Nc5ccc(/C=C6/C(=O)C7(C)CCC6C7(C)C)cc5)n4)cc3)C1=O)C2(C)C. The quantitative estimate of drug-likeness (QED) is 0.0552. The van der Waals surface area contributed by atoms with Gasteiger partial charge in [0.05, 0.1) is 0 Å². The van der Waals surface area contributed by atoms with Crippen LogP contribution in [-0.2, 0) is 19.2 Å². The Labute approximate surface area is 343 Å². The summed E-state index contributed by atoms with van der Waals surface area (Å²) < 4.78 is 0. The third kappa shape index (κ3) is 6.70. The van der Waals surface area contributed by atoms with Crippen LogP contribution in [0.15, 0.2) is 89.5 Å². The monoisotopic (exact) mass is 792 g/mol.